The van der Waals surface area contributed by atoms with Crippen LogP contribution < -0.4 is 10.3 Å². The molecule has 1 aliphatic heterocycles. The third kappa shape index (κ3) is 1.87. The molecule has 0 fully saturated rings. The summed E-state index contributed by atoms with van der Waals surface area (Å²) in [6.07, 6.45) is 0. The lowest BCUT2D eigenvalue weighted by molar-refractivity contribution is 0.416. The Morgan fingerprint density at radius 3 is 3.00 bits per heavy atom. The monoisotopic (exact) mass is 285 g/mol. The van der Waals surface area contributed by atoms with Gasteiger partial charge in [0, 0.05) is 17.9 Å². The number of aromatic nitrogens is 2. The number of thioether (sulfide) groups is 1. The molecule has 1 aromatic heterocycles. The Morgan fingerprint density at radius 2 is 2.25 bits per heavy atom. The fraction of sp³-hybridized carbons (Fsp3) is 0.214. The van der Waals surface area contributed by atoms with Crippen molar-refractivity contribution in [3.05, 3.63) is 40.2 Å². The predicted octanol–water partition coefficient (Wildman–Crippen LogP) is 1.90. The van der Waals surface area contributed by atoms with Gasteiger partial charge < -0.3 is 4.74 Å². The number of fused-ring (bicyclic) bond motifs is 1. The number of para-hydroxylation sites is 1. The van der Waals surface area contributed by atoms with Gasteiger partial charge in [0.15, 0.2) is 5.16 Å². The molecule has 5 nitrogen and oxygen atoms in total. The van der Waals surface area contributed by atoms with E-state index in [2.05, 4.69) is 4.98 Å². The van der Waals surface area contributed by atoms with E-state index in [0.29, 0.717) is 28.7 Å². The van der Waals surface area contributed by atoms with Crippen molar-refractivity contribution in [2.75, 3.05) is 12.9 Å². The summed E-state index contributed by atoms with van der Waals surface area (Å²) in [6.45, 7) is 0.604. The van der Waals surface area contributed by atoms with Crippen LogP contribution in [0.15, 0.2) is 34.2 Å². The summed E-state index contributed by atoms with van der Waals surface area (Å²) < 4.78 is 6.85. The van der Waals surface area contributed by atoms with Crippen molar-refractivity contribution in [3.8, 4) is 23.1 Å². The molecule has 1 aliphatic rings. The summed E-state index contributed by atoms with van der Waals surface area (Å²) in [5.74, 6) is 1.41. The third-order valence-corrected chi connectivity index (χ3v) is 4.11. The average molecular weight is 285 g/mol. The van der Waals surface area contributed by atoms with Crippen molar-refractivity contribution in [2.24, 2.45) is 0 Å². The van der Waals surface area contributed by atoms with E-state index in [1.165, 1.54) is 11.8 Å². The molecule has 0 radical (unpaired) electrons. The number of hydrogen-bond donors (Lipinski definition) is 0. The van der Waals surface area contributed by atoms with Crippen LogP contribution in [0.5, 0.6) is 5.75 Å². The molecule has 100 valence electrons. The Bertz CT molecular complexity index is 777. The first-order valence-electron chi connectivity index (χ1n) is 6.07. The first kappa shape index (κ1) is 12.8. The summed E-state index contributed by atoms with van der Waals surface area (Å²) >= 11 is 1.53. The van der Waals surface area contributed by atoms with Crippen molar-refractivity contribution in [1.29, 1.82) is 5.26 Å². The van der Waals surface area contributed by atoms with Gasteiger partial charge in [-0.2, -0.15) is 5.26 Å². The standard InChI is InChI=1S/C14H11N3O2S/c1-19-11-5-3-2-4-9(11)12-10(8-15)13(18)17-6-7-20-14(17)16-12/h2-5H,6-7H2,1H3. The predicted molar refractivity (Wildman–Crippen MR) is 75.9 cm³/mol. The molecule has 20 heavy (non-hydrogen) atoms. The van der Waals surface area contributed by atoms with Gasteiger partial charge in [0.05, 0.1) is 7.11 Å². The SMILES string of the molecule is COc1ccccc1-c1nc2n(c(=O)c1C#N)CCS2. The lowest BCUT2D eigenvalue weighted by atomic mass is 10.1. The van der Waals surface area contributed by atoms with E-state index in [-0.39, 0.29) is 11.1 Å². The summed E-state index contributed by atoms with van der Waals surface area (Å²) in [4.78, 5) is 16.8. The maximum absolute atomic E-state index is 12.3. The zero-order valence-electron chi connectivity index (χ0n) is 10.8. The number of hydrogen-bond acceptors (Lipinski definition) is 5. The molecule has 0 unspecified atom stereocenters. The number of nitrogens with zero attached hydrogens (tertiary/aromatic N) is 3. The minimum absolute atomic E-state index is 0.0701. The summed E-state index contributed by atoms with van der Waals surface area (Å²) in [5.41, 5.74) is 0.860. The number of rotatable bonds is 2. The van der Waals surface area contributed by atoms with Gasteiger partial charge in [-0.25, -0.2) is 4.98 Å². The highest BCUT2D eigenvalue weighted by atomic mass is 32.2. The highest BCUT2D eigenvalue weighted by molar-refractivity contribution is 7.99. The topological polar surface area (TPSA) is 67.9 Å². The minimum Gasteiger partial charge on any atom is -0.496 e. The van der Waals surface area contributed by atoms with Gasteiger partial charge >= 0.3 is 0 Å². The van der Waals surface area contributed by atoms with Crippen LogP contribution in [0.25, 0.3) is 11.3 Å². The molecule has 0 saturated heterocycles. The lowest BCUT2D eigenvalue weighted by Crippen LogP contribution is -2.24. The fourth-order valence-electron chi connectivity index (χ4n) is 2.21. The molecule has 0 N–H and O–H groups in total. The van der Waals surface area contributed by atoms with Crippen molar-refractivity contribution in [3.63, 3.8) is 0 Å². The Hall–Kier alpha value is -2.26. The van der Waals surface area contributed by atoms with Crippen LogP contribution in [-0.2, 0) is 6.54 Å². The highest BCUT2D eigenvalue weighted by Gasteiger charge is 2.22. The van der Waals surface area contributed by atoms with Crippen LogP contribution in [0.3, 0.4) is 0 Å². The number of methoxy groups -OCH3 is 1. The molecule has 6 heteroatoms. The molecule has 1 aromatic carbocycles. The van der Waals surface area contributed by atoms with Crippen LogP contribution >= 0.6 is 11.8 Å². The van der Waals surface area contributed by atoms with Gasteiger partial charge in [0.25, 0.3) is 5.56 Å². The Balaban J connectivity index is 2.32. The molecule has 2 heterocycles. The molecular formula is C14H11N3O2S. The first-order chi connectivity index (χ1) is 9.76. The van der Waals surface area contributed by atoms with E-state index in [0.717, 1.165) is 5.75 Å². The second kappa shape index (κ2) is 5.02. The number of nitriles is 1. The molecule has 0 atom stereocenters. The molecule has 0 amide bonds. The van der Waals surface area contributed by atoms with Crippen LogP contribution in [0.1, 0.15) is 5.56 Å². The summed E-state index contributed by atoms with van der Waals surface area (Å²) in [5, 5.41) is 9.97. The highest BCUT2D eigenvalue weighted by Crippen LogP contribution is 2.32. The number of benzene rings is 1. The van der Waals surface area contributed by atoms with Crippen LogP contribution in [0.2, 0.25) is 0 Å². The van der Waals surface area contributed by atoms with Gasteiger partial charge in [-0.15, -0.1) is 0 Å². The van der Waals surface area contributed by atoms with Crippen molar-refractivity contribution in [2.45, 2.75) is 11.7 Å². The van der Waals surface area contributed by atoms with E-state index in [1.807, 2.05) is 18.2 Å². The average Bonchev–Trinajstić information content (AvgIpc) is 2.96. The van der Waals surface area contributed by atoms with Crippen LogP contribution in [0, 0.1) is 11.3 Å². The van der Waals surface area contributed by atoms with Gasteiger partial charge in [0.2, 0.25) is 0 Å². The quantitative estimate of drug-likeness (QED) is 0.788. The second-order valence-corrected chi connectivity index (χ2v) is 5.30. The second-order valence-electron chi connectivity index (χ2n) is 4.24. The van der Waals surface area contributed by atoms with E-state index in [1.54, 1.807) is 23.8 Å². The van der Waals surface area contributed by atoms with Gasteiger partial charge in [-0.05, 0) is 12.1 Å². The zero-order valence-corrected chi connectivity index (χ0v) is 11.6. The normalized spacial score (nSPS) is 12.8. The molecule has 0 bridgehead atoms. The third-order valence-electron chi connectivity index (χ3n) is 3.15. The van der Waals surface area contributed by atoms with E-state index < -0.39 is 0 Å². The molecule has 0 saturated carbocycles. The van der Waals surface area contributed by atoms with E-state index in [4.69, 9.17) is 4.74 Å². The molecule has 3 rings (SSSR count). The van der Waals surface area contributed by atoms with Crippen molar-refractivity contribution in [1.82, 2.24) is 9.55 Å². The summed E-state index contributed by atoms with van der Waals surface area (Å²) in [6, 6.07) is 9.24. The fourth-order valence-corrected chi connectivity index (χ4v) is 3.15. The summed E-state index contributed by atoms with van der Waals surface area (Å²) in [7, 11) is 1.56. The number of ether oxygens (including phenoxy) is 1. The van der Waals surface area contributed by atoms with Crippen LogP contribution in [-0.4, -0.2) is 22.4 Å². The Kier molecular flexibility index (Phi) is 3.20. The molecule has 2 aromatic rings. The first-order valence-corrected chi connectivity index (χ1v) is 7.06. The Morgan fingerprint density at radius 1 is 1.45 bits per heavy atom. The van der Waals surface area contributed by atoms with Crippen molar-refractivity contribution < 1.29 is 4.74 Å². The van der Waals surface area contributed by atoms with Crippen LogP contribution in [0.4, 0.5) is 0 Å². The smallest absolute Gasteiger partial charge is 0.272 e. The molecular weight excluding hydrogens is 274 g/mol. The maximum atomic E-state index is 12.3. The molecule has 0 aliphatic carbocycles. The maximum Gasteiger partial charge on any atom is 0.272 e. The van der Waals surface area contributed by atoms with E-state index >= 15 is 0 Å². The van der Waals surface area contributed by atoms with Gasteiger partial charge in [-0.3, -0.25) is 9.36 Å². The zero-order chi connectivity index (χ0) is 14.1. The molecule has 0 spiro atoms. The largest absolute Gasteiger partial charge is 0.496 e. The van der Waals surface area contributed by atoms with Gasteiger partial charge in [-0.1, -0.05) is 23.9 Å². The van der Waals surface area contributed by atoms with E-state index in [9.17, 15) is 10.1 Å². The lowest BCUT2D eigenvalue weighted by Gasteiger charge is -2.10. The van der Waals surface area contributed by atoms with Gasteiger partial charge in [0.1, 0.15) is 23.1 Å². The minimum atomic E-state index is -0.275. The van der Waals surface area contributed by atoms with Crippen molar-refractivity contribution >= 4 is 11.8 Å². The Labute approximate surface area is 119 Å².